The van der Waals surface area contributed by atoms with Gasteiger partial charge in [-0.25, -0.2) is 0 Å². The third-order valence-electron chi connectivity index (χ3n) is 3.00. The maximum absolute atomic E-state index is 12.9. The van der Waals surface area contributed by atoms with E-state index in [1.165, 1.54) is 0 Å². The predicted octanol–water partition coefficient (Wildman–Crippen LogP) is 2.80. The lowest BCUT2D eigenvalue weighted by Crippen LogP contribution is -2.29. The molecule has 1 heterocycles. The van der Waals surface area contributed by atoms with E-state index in [9.17, 15) is 4.57 Å². The summed E-state index contributed by atoms with van der Waals surface area (Å²) < 4.78 is 23.8. The molecule has 0 amide bonds. The minimum Gasteiger partial charge on any atom is -0.353 e. The third kappa shape index (κ3) is 3.20. The van der Waals surface area contributed by atoms with Crippen LogP contribution in [-0.2, 0) is 13.6 Å². The average Bonchev–Trinajstić information content (AvgIpc) is 2.83. The van der Waals surface area contributed by atoms with Crippen molar-refractivity contribution in [3.63, 3.8) is 0 Å². The van der Waals surface area contributed by atoms with Gasteiger partial charge in [0, 0.05) is 0 Å². The predicted molar refractivity (Wildman–Crippen MR) is 82.7 cm³/mol. The van der Waals surface area contributed by atoms with E-state index in [0.717, 1.165) is 5.56 Å². The van der Waals surface area contributed by atoms with E-state index < -0.39 is 13.4 Å². The van der Waals surface area contributed by atoms with Crippen LogP contribution >= 0.6 is 19.8 Å². The van der Waals surface area contributed by atoms with E-state index in [1.807, 2.05) is 30.3 Å². The van der Waals surface area contributed by atoms with Gasteiger partial charge in [0.2, 0.25) is 0 Å². The molecule has 1 fully saturated rings. The van der Waals surface area contributed by atoms with Crippen molar-refractivity contribution in [2.75, 3.05) is 13.2 Å². The zero-order chi connectivity index (χ0) is 14.6. The van der Waals surface area contributed by atoms with Crippen LogP contribution in [0.4, 0.5) is 0 Å². The van der Waals surface area contributed by atoms with Gasteiger partial charge in [0.05, 0.1) is 19.3 Å². The highest BCUT2D eigenvalue weighted by Crippen LogP contribution is 2.56. The Bertz CT molecular complexity index is 502. The van der Waals surface area contributed by atoms with Crippen molar-refractivity contribution in [2.45, 2.75) is 25.7 Å². The van der Waals surface area contributed by atoms with Crippen LogP contribution in [0.25, 0.3) is 0 Å². The number of hydrogen-bond acceptors (Lipinski definition) is 4. The summed E-state index contributed by atoms with van der Waals surface area (Å²) in [4.78, 5) is 0. The van der Waals surface area contributed by atoms with Crippen LogP contribution in [0.2, 0.25) is 0 Å². The first-order valence-electron chi connectivity index (χ1n) is 6.61. The average molecular weight is 314 g/mol. The molecule has 0 saturated carbocycles. The molecule has 0 radical (unpaired) electrons. The molecule has 1 saturated heterocycles. The molecule has 1 aliphatic heterocycles. The third-order valence-corrected chi connectivity index (χ3v) is 5.58. The zero-order valence-corrected chi connectivity index (χ0v) is 13.2. The summed E-state index contributed by atoms with van der Waals surface area (Å²) in [7, 11) is -3.29. The molecule has 2 atom stereocenters. The van der Waals surface area contributed by atoms with Crippen LogP contribution in [0, 0.1) is 0 Å². The molecule has 2 rings (SSSR count). The molecule has 20 heavy (non-hydrogen) atoms. The van der Waals surface area contributed by atoms with Crippen molar-refractivity contribution in [1.82, 2.24) is 10.6 Å². The van der Waals surface area contributed by atoms with Crippen LogP contribution in [0.1, 0.15) is 25.5 Å². The van der Waals surface area contributed by atoms with Crippen molar-refractivity contribution in [2.24, 2.45) is 0 Å². The minimum atomic E-state index is -3.29. The van der Waals surface area contributed by atoms with Crippen LogP contribution in [0.5, 0.6) is 0 Å². The van der Waals surface area contributed by atoms with Crippen molar-refractivity contribution < 1.29 is 13.6 Å². The Labute approximate surface area is 124 Å². The van der Waals surface area contributed by atoms with Crippen molar-refractivity contribution in [3.05, 3.63) is 35.9 Å². The van der Waals surface area contributed by atoms with Gasteiger partial charge in [-0.3, -0.25) is 4.57 Å². The summed E-state index contributed by atoms with van der Waals surface area (Å²) in [5, 5.41) is 6.61. The minimum absolute atomic E-state index is 0.229. The quantitative estimate of drug-likeness (QED) is 0.622. The molecule has 7 heteroatoms. The number of hydrogen-bond donors (Lipinski definition) is 2. The second kappa shape index (κ2) is 6.68. The van der Waals surface area contributed by atoms with Crippen molar-refractivity contribution in [3.8, 4) is 0 Å². The monoisotopic (exact) mass is 314 g/mol. The summed E-state index contributed by atoms with van der Waals surface area (Å²) in [5.74, 6) is -0.516. The molecule has 1 aromatic rings. The summed E-state index contributed by atoms with van der Waals surface area (Å²) in [5.41, 5.74) is 0.990. The number of benzene rings is 1. The lowest BCUT2D eigenvalue weighted by molar-refractivity contribution is 0.207. The lowest BCUT2D eigenvalue weighted by atomic mass is 10.1. The standard InChI is InChI=1S/C13H19N2O3PS/c1-3-17-19(16,18-4-2)12-11(14-13(20)15-12)10-8-6-5-7-9-10/h5-9,11-12H,3-4H2,1-2H3,(H2,14,15,20)/t11-,12+/m0/s1. The molecule has 0 aromatic heterocycles. The Morgan fingerprint density at radius 3 is 2.30 bits per heavy atom. The largest absolute Gasteiger partial charge is 0.355 e. The summed E-state index contributed by atoms with van der Waals surface area (Å²) in [6.07, 6.45) is 0. The molecule has 1 aromatic carbocycles. The molecular formula is C13H19N2O3PS. The highest BCUT2D eigenvalue weighted by Gasteiger charge is 2.46. The second-order valence-corrected chi connectivity index (χ2v) is 6.89. The van der Waals surface area contributed by atoms with Gasteiger partial charge in [0.25, 0.3) is 0 Å². The Morgan fingerprint density at radius 1 is 1.15 bits per heavy atom. The van der Waals surface area contributed by atoms with Gasteiger partial charge >= 0.3 is 7.60 Å². The zero-order valence-electron chi connectivity index (χ0n) is 11.5. The first kappa shape index (κ1) is 15.4. The van der Waals surface area contributed by atoms with Gasteiger partial charge in [0.15, 0.2) is 10.9 Å². The first-order valence-corrected chi connectivity index (χ1v) is 8.63. The van der Waals surface area contributed by atoms with Gasteiger partial charge in [-0.15, -0.1) is 0 Å². The van der Waals surface area contributed by atoms with E-state index in [0.29, 0.717) is 18.3 Å². The molecule has 5 nitrogen and oxygen atoms in total. The van der Waals surface area contributed by atoms with Gasteiger partial charge in [-0.05, 0) is 31.6 Å². The fourth-order valence-corrected chi connectivity index (χ4v) is 4.58. The number of nitrogens with one attached hydrogen (secondary N) is 2. The topological polar surface area (TPSA) is 59.6 Å². The number of thiocarbonyl (C=S) groups is 1. The smallest absolute Gasteiger partial charge is 0.353 e. The van der Waals surface area contributed by atoms with Crippen molar-refractivity contribution >= 4 is 24.9 Å². The van der Waals surface area contributed by atoms with Gasteiger partial charge in [-0.2, -0.15) is 0 Å². The Morgan fingerprint density at radius 2 is 1.75 bits per heavy atom. The molecule has 0 spiro atoms. The van der Waals surface area contributed by atoms with Gasteiger partial charge in [0.1, 0.15) is 0 Å². The van der Waals surface area contributed by atoms with Crippen LogP contribution in [0.3, 0.4) is 0 Å². The second-order valence-electron chi connectivity index (χ2n) is 4.33. The molecule has 110 valence electrons. The highest BCUT2D eigenvalue weighted by molar-refractivity contribution is 7.80. The molecule has 0 unspecified atom stereocenters. The fraction of sp³-hybridized carbons (Fsp3) is 0.462. The van der Waals surface area contributed by atoms with E-state index in [-0.39, 0.29) is 6.04 Å². The van der Waals surface area contributed by atoms with Gasteiger partial charge < -0.3 is 19.7 Å². The lowest BCUT2D eigenvalue weighted by Gasteiger charge is -2.26. The first-order chi connectivity index (χ1) is 9.60. The maximum atomic E-state index is 12.9. The highest BCUT2D eigenvalue weighted by atomic mass is 32.1. The van der Waals surface area contributed by atoms with E-state index in [2.05, 4.69) is 10.6 Å². The molecule has 0 aliphatic carbocycles. The normalized spacial score (nSPS) is 22.4. The maximum Gasteiger partial charge on any atom is 0.355 e. The molecular weight excluding hydrogens is 295 g/mol. The van der Waals surface area contributed by atoms with Crippen LogP contribution in [0.15, 0.2) is 30.3 Å². The fourth-order valence-electron chi connectivity index (χ4n) is 2.22. The Kier molecular flexibility index (Phi) is 5.16. The van der Waals surface area contributed by atoms with Crippen LogP contribution in [-0.4, -0.2) is 24.1 Å². The van der Waals surface area contributed by atoms with E-state index >= 15 is 0 Å². The van der Waals surface area contributed by atoms with E-state index in [1.54, 1.807) is 13.8 Å². The summed E-state index contributed by atoms with van der Waals surface area (Å²) >= 11 is 5.16. The van der Waals surface area contributed by atoms with E-state index in [4.69, 9.17) is 21.3 Å². The molecule has 0 bridgehead atoms. The Hall–Kier alpha value is -0.940. The molecule has 2 N–H and O–H groups in total. The van der Waals surface area contributed by atoms with Crippen molar-refractivity contribution in [1.29, 1.82) is 0 Å². The number of rotatable bonds is 6. The van der Waals surface area contributed by atoms with Crippen LogP contribution < -0.4 is 10.6 Å². The van der Waals surface area contributed by atoms with Gasteiger partial charge in [-0.1, -0.05) is 30.3 Å². The summed E-state index contributed by atoms with van der Waals surface area (Å²) in [6, 6.07) is 9.49. The SMILES string of the molecule is CCOP(=O)(OCC)[C@H]1NC(=S)N[C@H]1c1ccccc1. The summed E-state index contributed by atoms with van der Waals surface area (Å²) in [6.45, 7) is 4.24. The Balaban J connectivity index is 2.32. The molecule has 1 aliphatic rings.